The van der Waals surface area contributed by atoms with E-state index < -0.39 is 0 Å². The minimum absolute atomic E-state index is 0.219. The van der Waals surface area contributed by atoms with E-state index in [1.54, 1.807) is 6.07 Å². The van der Waals surface area contributed by atoms with Gasteiger partial charge in [0.05, 0.1) is 0 Å². The maximum absolute atomic E-state index is 14.0. The first kappa shape index (κ1) is 13.8. The molecule has 3 aromatic rings. The first-order valence-corrected chi connectivity index (χ1v) is 7.13. The molecular weight excluding hydrogens is 261 g/mol. The van der Waals surface area contributed by atoms with Crippen LogP contribution in [0.25, 0.3) is 10.8 Å². The third-order valence-electron chi connectivity index (χ3n) is 3.82. The molecule has 1 atom stereocenters. The molecule has 21 heavy (non-hydrogen) atoms. The van der Waals surface area contributed by atoms with Gasteiger partial charge in [0, 0.05) is 11.6 Å². The second kappa shape index (κ2) is 5.66. The third-order valence-corrected chi connectivity index (χ3v) is 3.82. The monoisotopic (exact) mass is 279 g/mol. The highest BCUT2D eigenvalue weighted by atomic mass is 19.1. The molecule has 0 spiro atoms. The lowest BCUT2D eigenvalue weighted by Crippen LogP contribution is -2.15. The summed E-state index contributed by atoms with van der Waals surface area (Å²) in [5.74, 6) is -0.219. The van der Waals surface area contributed by atoms with Crippen LogP contribution in [0.2, 0.25) is 0 Å². The smallest absolute Gasteiger partial charge is 0.128 e. The van der Waals surface area contributed by atoms with Crippen molar-refractivity contribution in [1.29, 1.82) is 0 Å². The second-order valence-corrected chi connectivity index (χ2v) is 5.52. The number of fused-ring (bicyclic) bond motifs is 1. The van der Waals surface area contributed by atoms with Crippen LogP contribution in [-0.2, 0) is 6.42 Å². The number of halogens is 1. The van der Waals surface area contributed by atoms with E-state index in [2.05, 4.69) is 30.3 Å². The summed E-state index contributed by atoms with van der Waals surface area (Å²) < 4.78 is 14.0. The molecule has 2 heteroatoms. The summed E-state index contributed by atoms with van der Waals surface area (Å²) in [6.45, 7) is 1.88. The molecule has 0 bridgehead atoms. The molecule has 0 saturated heterocycles. The zero-order valence-electron chi connectivity index (χ0n) is 12.0. The molecule has 0 radical (unpaired) electrons. The van der Waals surface area contributed by atoms with Crippen LogP contribution in [0.15, 0.2) is 60.7 Å². The van der Waals surface area contributed by atoms with Crippen LogP contribution in [0.1, 0.15) is 22.7 Å². The van der Waals surface area contributed by atoms with Gasteiger partial charge in [-0.1, -0.05) is 54.6 Å². The maximum Gasteiger partial charge on any atom is 0.128 e. The van der Waals surface area contributed by atoms with Crippen molar-refractivity contribution in [3.8, 4) is 0 Å². The van der Waals surface area contributed by atoms with Gasteiger partial charge in [0.2, 0.25) is 0 Å². The van der Waals surface area contributed by atoms with E-state index in [0.29, 0.717) is 12.0 Å². The van der Waals surface area contributed by atoms with E-state index in [9.17, 15) is 4.39 Å². The van der Waals surface area contributed by atoms with Crippen LogP contribution in [0, 0.1) is 12.7 Å². The summed E-state index contributed by atoms with van der Waals surface area (Å²) in [4.78, 5) is 0. The summed E-state index contributed by atoms with van der Waals surface area (Å²) >= 11 is 0. The summed E-state index contributed by atoms with van der Waals surface area (Å²) in [6, 6.07) is 19.4. The summed E-state index contributed by atoms with van der Waals surface area (Å²) in [6.07, 6.45) is 0.630. The summed E-state index contributed by atoms with van der Waals surface area (Å²) in [7, 11) is 0. The SMILES string of the molecule is Cc1ccc(C(N)Cc2ccc3ccccc3c2)c(F)c1. The van der Waals surface area contributed by atoms with E-state index in [-0.39, 0.29) is 11.9 Å². The molecule has 1 unspecified atom stereocenters. The van der Waals surface area contributed by atoms with Crippen molar-refractivity contribution in [3.05, 3.63) is 83.2 Å². The van der Waals surface area contributed by atoms with Gasteiger partial charge >= 0.3 is 0 Å². The fourth-order valence-corrected chi connectivity index (χ4v) is 2.66. The van der Waals surface area contributed by atoms with Gasteiger partial charge in [-0.25, -0.2) is 4.39 Å². The van der Waals surface area contributed by atoms with Crippen molar-refractivity contribution in [2.45, 2.75) is 19.4 Å². The number of aryl methyl sites for hydroxylation is 1. The Morgan fingerprint density at radius 2 is 1.71 bits per heavy atom. The lowest BCUT2D eigenvalue weighted by molar-refractivity contribution is 0.579. The minimum Gasteiger partial charge on any atom is -0.324 e. The first-order chi connectivity index (χ1) is 10.1. The zero-order valence-corrected chi connectivity index (χ0v) is 12.0. The lowest BCUT2D eigenvalue weighted by Gasteiger charge is -2.14. The third kappa shape index (κ3) is 2.96. The van der Waals surface area contributed by atoms with E-state index in [4.69, 9.17) is 5.73 Å². The summed E-state index contributed by atoms with van der Waals surface area (Å²) in [5.41, 5.74) is 8.80. The van der Waals surface area contributed by atoms with Gasteiger partial charge in [-0.15, -0.1) is 0 Å². The van der Waals surface area contributed by atoms with Gasteiger partial charge in [-0.3, -0.25) is 0 Å². The molecule has 0 aliphatic carbocycles. The van der Waals surface area contributed by atoms with Gasteiger partial charge in [0.15, 0.2) is 0 Å². The Bertz CT molecular complexity index is 779. The fraction of sp³-hybridized carbons (Fsp3) is 0.158. The van der Waals surface area contributed by atoms with Crippen molar-refractivity contribution >= 4 is 10.8 Å². The van der Waals surface area contributed by atoms with Gasteiger partial charge < -0.3 is 5.73 Å². The Hall–Kier alpha value is -2.19. The molecule has 0 fully saturated rings. The molecule has 0 aliphatic heterocycles. The van der Waals surface area contributed by atoms with Gasteiger partial charge in [-0.2, -0.15) is 0 Å². The molecule has 0 saturated carbocycles. The second-order valence-electron chi connectivity index (χ2n) is 5.52. The van der Waals surface area contributed by atoms with Crippen molar-refractivity contribution in [1.82, 2.24) is 0 Å². The van der Waals surface area contributed by atoms with Crippen molar-refractivity contribution in [2.75, 3.05) is 0 Å². The van der Waals surface area contributed by atoms with Gasteiger partial charge in [0.1, 0.15) is 5.82 Å². The number of rotatable bonds is 3. The Labute approximate surface area is 124 Å². The standard InChI is InChI=1S/C19H18FN/c1-13-6-9-17(18(20)10-13)19(21)12-14-7-8-15-4-2-3-5-16(15)11-14/h2-11,19H,12,21H2,1H3. The minimum atomic E-state index is -0.327. The molecule has 0 aromatic heterocycles. The molecule has 2 N–H and O–H groups in total. The predicted octanol–water partition coefficient (Wildman–Crippen LogP) is 4.53. The fourth-order valence-electron chi connectivity index (χ4n) is 2.66. The molecule has 0 aliphatic rings. The predicted molar refractivity (Wildman–Crippen MR) is 85.7 cm³/mol. The van der Waals surface area contributed by atoms with Crippen LogP contribution in [-0.4, -0.2) is 0 Å². The molecule has 3 rings (SSSR count). The number of hydrogen-bond acceptors (Lipinski definition) is 1. The molecule has 0 heterocycles. The van der Waals surface area contributed by atoms with Crippen molar-refractivity contribution in [2.24, 2.45) is 5.73 Å². The average Bonchev–Trinajstić information content (AvgIpc) is 2.47. The largest absolute Gasteiger partial charge is 0.324 e. The molecule has 3 aromatic carbocycles. The van der Waals surface area contributed by atoms with Crippen LogP contribution in [0.4, 0.5) is 4.39 Å². The van der Waals surface area contributed by atoms with E-state index in [1.165, 1.54) is 16.8 Å². The number of benzene rings is 3. The number of hydrogen-bond donors (Lipinski definition) is 1. The van der Waals surface area contributed by atoms with Crippen LogP contribution >= 0.6 is 0 Å². The highest BCUT2D eigenvalue weighted by Crippen LogP contribution is 2.22. The van der Waals surface area contributed by atoms with Crippen LogP contribution in [0.3, 0.4) is 0 Å². The Morgan fingerprint density at radius 3 is 2.48 bits per heavy atom. The van der Waals surface area contributed by atoms with E-state index in [0.717, 1.165) is 11.1 Å². The Balaban J connectivity index is 1.87. The topological polar surface area (TPSA) is 26.0 Å². The van der Waals surface area contributed by atoms with E-state index in [1.807, 2.05) is 25.1 Å². The van der Waals surface area contributed by atoms with Gasteiger partial charge in [0.25, 0.3) is 0 Å². The van der Waals surface area contributed by atoms with Crippen molar-refractivity contribution < 1.29 is 4.39 Å². The number of nitrogens with two attached hydrogens (primary N) is 1. The molecule has 106 valence electrons. The van der Waals surface area contributed by atoms with Crippen LogP contribution < -0.4 is 5.73 Å². The van der Waals surface area contributed by atoms with E-state index >= 15 is 0 Å². The molecule has 0 amide bonds. The maximum atomic E-state index is 14.0. The first-order valence-electron chi connectivity index (χ1n) is 7.13. The molecular formula is C19H18FN. The average molecular weight is 279 g/mol. The molecule has 1 nitrogen and oxygen atoms in total. The normalized spacial score (nSPS) is 12.5. The quantitative estimate of drug-likeness (QED) is 0.749. The highest BCUT2D eigenvalue weighted by Gasteiger charge is 2.12. The van der Waals surface area contributed by atoms with Crippen LogP contribution in [0.5, 0.6) is 0 Å². The van der Waals surface area contributed by atoms with Crippen molar-refractivity contribution in [3.63, 3.8) is 0 Å². The van der Waals surface area contributed by atoms with Gasteiger partial charge in [-0.05, 0) is 41.3 Å². The Morgan fingerprint density at radius 1 is 0.952 bits per heavy atom. The summed E-state index contributed by atoms with van der Waals surface area (Å²) in [5, 5.41) is 2.39. The lowest BCUT2D eigenvalue weighted by atomic mass is 9.96. The Kier molecular flexibility index (Phi) is 3.72. The zero-order chi connectivity index (χ0) is 14.8. The highest BCUT2D eigenvalue weighted by molar-refractivity contribution is 5.83.